The second kappa shape index (κ2) is 7.79. The maximum atomic E-state index is 6.20. The molecule has 0 unspecified atom stereocenters. The van der Waals surface area contributed by atoms with Crippen molar-refractivity contribution in [3.63, 3.8) is 0 Å². The molecule has 0 spiro atoms. The molecule has 24 heavy (non-hydrogen) atoms. The van der Waals surface area contributed by atoms with Crippen LogP contribution in [0.1, 0.15) is 5.56 Å². The highest BCUT2D eigenvalue weighted by Gasteiger charge is 2.09. The van der Waals surface area contributed by atoms with E-state index in [0.29, 0.717) is 17.3 Å². The van der Waals surface area contributed by atoms with Gasteiger partial charge in [-0.15, -0.1) is 0 Å². The molecule has 0 bridgehead atoms. The normalized spacial score (nSPS) is 10.4. The topological polar surface area (TPSA) is 75.9 Å². The highest BCUT2D eigenvalue weighted by molar-refractivity contribution is 9.10. The highest BCUT2D eigenvalue weighted by atomic mass is 79.9. The summed E-state index contributed by atoms with van der Waals surface area (Å²) < 4.78 is 0.946. The molecule has 0 aliphatic rings. The van der Waals surface area contributed by atoms with Crippen molar-refractivity contribution in [3.05, 3.63) is 71.0 Å². The summed E-state index contributed by atoms with van der Waals surface area (Å²) >= 11 is 3.50. The zero-order chi connectivity index (χ0) is 16.8. The number of nitrogen functional groups attached to an aromatic ring is 1. The van der Waals surface area contributed by atoms with Gasteiger partial charge in [0.1, 0.15) is 12.0 Å². The van der Waals surface area contributed by atoms with Gasteiger partial charge in [-0.1, -0.05) is 42.5 Å². The Kier molecular flexibility index (Phi) is 5.28. The lowest BCUT2D eigenvalue weighted by molar-refractivity contribution is 1.00. The maximum absolute atomic E-state index is 6.20. The summed E-state index contributed by atoms with van der Waals surface area (Å²) in [5.41, 5.74) is 8.87. The molecule has 1 heterocycles. The average Bonchev–Trinajstić information content (AvgIpc) is 2.61. The van der Waals surface area contributed by atoms with Crippen LogP contribution in [-0.2, 0) is 6.42 Å². The Labute approximate surface area is 149 Å². The van der Waals surface area contributed by atoms with E-state index in [2.05, 4.69) is 48.7 Å². The Morgan fingerprint density at radius 1 is 0.917 bits per heavy atom. The number of nitrogens with zero attached hydrogens (tertiary/aromatic N) is 2. The smallest absolute Gasteiger partial charge is 0.159 e. The Bertz CT molecular complexity index is 808. The van der Waals surface area contributed by atoms with Crippen molar-refractivity contribution in [1.82, 2.24) is 9.97 Å². The molecule has 0 radical (unpaired) electrons. The van der Waals surface area contributed by atoms with Crippen LogP contribution in [-0.4, -0.2) is 16.5 Å². The third-order valence-corrected chi connectivity index (χ3v) is 4.25. The average molecular weight is 384 g/mol. The number of anilines is 4. The number of hydrogen-bond acceptors (Lipinski definition) is 5. The monoisotopic (exact) mass is 383 g/mol. The zero-order valence-corrected chi connectivity index (χ0v) is 14.6. The van der Waals surface area contributed by atoms with E-state index >= 15 is 0 Å². The van der Waals surface area contributed by atoms with Gasteiger partial charge in [-0.05, 0) is 40.0 Å². The fourth-order valence-electron chi connectivity index (χ4n) is 2.30. The molecule has 0 fully saturated rings. The first-order valence-corrected chi connectivity index (χ1v) is 8.43. The second-order valence-corrected chi connectivity index (χ2v) is 6.11. The van der Waals surface area contributed by atoms with Crippen LogP contribution in [0.5, 0.6) is 0 Å². The van der Waals surface area contributed by atoms with E-state index in [0.717, 1.165) is 23.1 Å². The first-order chi connectivity index (χ1) is 11.7. The first kappa shape index (κ1) is 16.3. The van der Waals surface area contributed by atoms with Gasteiger partial charge < -0.3 is 16.4 Å². The molecule has 0 atom stereocenters. The standard InChI is InChI=1S/C18H18BrN5/c19-14-8-4-5-9-15(14)24-18-16(20)17(22-12-23-18)21-11-10-13-6-2-1-3-7-13/h1-9,12H,10-11,20H2,(H2,21,22,23,24). The molecule has 4 N–H and O–H groups in total. The third-order valence-electron chi connectivity index (χ3n) is 3.56. The predicted octanol–water partition coefficient (Wildman–Crippen LogP) is 4.22. The third kappa shape index (κ3) is 4.02. The Hall–Kier alpha value is -2.60. The molecule has 0 aliphatic carbocycles. The van der Waals surface area contributed by atoms with Gasteiger partial charge in [0.2, 0.25) is 0 Å². The lowest BCUT2D eigenvalue weighted by Gasteiger charge is -2.13. The number of aromatic nitrogens is 2. The van der Waals surface area contributed by atoms with E-state index in [4.69, 9.17) is 5.73 Å². The van der Waals surface area contributed by atoms with Gasteiger partial charge in [-0.25, -0.2) is 9.97 Å². The number of hydrogen-bond donors (Lipinski definition) is 3. The lowest BCUT2D eigenvalue weighted by atomic mass is 10.1. The minimum Gasteiger partial charge on any atom is -0.393 e. The fourth-order valence-corrected chi connectivity index (χ4v) is 2.68. The molecule has 3 rings (SSSR count). The molecule has 5 nitrogen and oxygen atoms in total. The van der Waals surface area contributed by atoms with Crippen LogP contribution in [0.3, 0.4) is 0 Å². The first-order valence-electron chi connectivity index (χ1n) is 7.64. The summed E-state index contributed by atoms with van der Waals surface area (Å²) in [5, 5.41) is 6.50. The molecule has 0 amide bonds. The number of nitrogens with one attached hydrogen (secondary N) is 2. The van der Waals surface area contributed by atoms with Gasteiger partial charge in [0.05, 0.1) is 5.69 Å². The van der Waals surface area contributed by atoms with Crippen molar-refractivity contribution in [1.29, 1.82) is 0 Å². The summed E-state index contributed by atoms with van der Waals surface area (Å²) in [7, 11) is 0. The van der Waals surface area contributed by atoms with Gasteiger partial charge in [0, 0.05) is 11.0 Å². The van der Waals surface area contributed by atoms with Crippen LogP contribution < -0.4 is 16.4 Å². The van der Waals surface area contributed by atoms with Crippen molar-refractivity contribution in [2.75, 3.05) is 22.9 Å². The summed E-state index contributed by atoms with van der Waals surface area (Å²) in [6.45, 7) is 0.750. The van der Waals surface area contributed by atoms with Gasteiger partial charge >= 0.3 is 0 Å². The van der Waals surface area contributed by atoms with E-state index in [1.807, 2.05) is 42.5 Å². The molecule has 1 aromatic heterocycles. The summed E-state index contributed by atoms with van der Waals surface area (Å²) in [6, 6.07) is 18.1. The SMILES string of the molecule is Nc1c(NCCc2ccccc2)ncnc1Nc1ccccc1Br. The van der Waals surface area contributed by atoms with Gasteiger partial charge in [0.15, 0.2) is 11.6 Å². The number of benzene rings is 2. The van der Waals surface area contributed by atoms with Crippen LogP contribution >= 0.6 is 15.9 Å². The molecule has 122 valence electrons. The summed E-state index contributed by atoms with van der Waals surface area (Å²) in [5.74, 6) is 1.22. The van der Waals surface area contributed by atoms with Crippen molar-refractivity contribution in [2.24, 2.45) is 0 Å². The van der Waals surface area contributed by atoms with Gasteiger partial charge in [0.25, 0.3) is 0 Å². The van der Waals surface area contributed by atoms with Gasteiger partial charge in [-0.2, -0.15) is 0 Å². The maximum Gasteiger partial charge on any atom is 0.159 e. The molecule has 0 saturated carbocycles. The highest BCUT2D eigenvalue weighted by Crippen LogP contribution is 2.29. The summed E-state index contributed by atoms with van der Waals surface area (Å²) in [4.78, 5) is 8.47. The van der Waals surface area contributed by atoms with E-state index in [9.17, 15) is 0 Å². The van der Waals surface area contributed by atoms with Gasteiger partial charge in [-0.3, -0.25) is 0 Å². The molecule has 3 aromatic rings. The number of nitrogens with two attached hydrogens (primary N) is 1. The molecule has 2 aromatic carbocycles. The second-order valence-electron chi connectivity index (χ2n) is 5.25. The van der Waals surface area contributed by atoms with E-state index in [-0.39, 0.29) is 0 Å². The summed E-state index contributed by atoms with van der Waals surface area (Å²) in [6.07, 6.45) is 2.40. The Morgan fingerprint density at radius 2 is 1.62 bits per heavy atom. The minimum absolute atomic E-state index is 0.501. The van der Waals surface area contributed by atoms with Crippen LogP contribution in [0.2, 0.25) is 0 Å². The number of para-hydroxylation sites is 1. The number of halogens is 1. The molecular weight excluding hydrogens is 366 g/mol. The quantitative estimate of drug-likeness (QED) is 0.593. The van der Waals surface area contributed by atoms with Crippen LogP contribution in [0.4, 0.5) is 23.0 Å². The van der Waals surface area contributed by atoms with Crippen LogP contribution in [0.25, 0.3) is 0 Å². The van der Waals surface area contributed by atoms with Crippen LogP contribution in [0, 0.1) is 0 Å². The van der Waals surface area contributed by atoms with Crippen molar-refractivity contribution < 1.29 is 0 Å². The molecular formula is C18H18BrN5. The number of rotatable bonds is 6. The lowest BCUT2D eigenvalue weighted by Crippen LogP contribution is -2.10. The molecule has 0 aliphatic heterocycles. The van der Waals surface area contributed by atoms with Crippen molar-refractivity contribution >= 4 is 38.9 Å². The Balaban J connectivity index is 1.68. The van der Waals surface area contributed by atoms with Crippen molar-refractivity contribution in [2.45, 2.75) is 6.42 Å². The minimum atomic E-state index is 0.501. The van der Waals surface area contributed by atoms with E-state index in [1.54, 1.807) is 0 Å². The van der Waals surface area contributed by atoms with E-state index < -0.39 is 0 Å². The molecule has 6 heteroatoms. The zero-order valence-electron chi connectivity index (χ0n) is 13.0. The largest absolute Gasteiger partial charge is 0.393 e. The van der Waals surface area contributed by atoms with Crippen LogP contribution in [0.15, 0.2) is 65.4 Å². The molecule has 0 saturated heterocycles. The van der Waals surface area contributed by atoms with Crippen molar-refractivity contribution in [3.8, 4) is 0 Å². The Morgan fingerprint density at radius 3 is 2.42 bits per heavy atom. The fraction of sp³-hybridized carbons (Fsp3) is 0.111. The van der Waals surface area contributed by atoms with E-state index in [1.165, 1.54) is 11.9 Å². The predicted molar refractivity (Wildman–Crippen MR) is 103 cm³/mol.